The van der Waals surface area contributed by atoms with Gasteiger partial charge in [-0.15, -0.1) is 0 Å². The Balaban J connectivity index is 3.39. The van der Waals surface area contributed by atoms with E-state index in [1.807, 2.05) is 6.08 Å². The lowest BCUT2D eigenvalue weighted by Crippen LogP contribution is -1.93. The first kappa shape index (κ1) is 13.2. The molecular weight excluding hydrogens is 176 g/mol. The highest BCUT2D eigenvalue weighted by Gasteiger charge is 1.97. The molecule has 0 bridgehead atoms. The Morgan fingerprint density at radius 2 is 2.07 bits per heavy atom. The topological polar surface area (TPSA) is 26.3 Å². The van der Waals surface area contributed by atoms with E-state index in [2.05, 4.69) is 13.8 Å². The van der Waals surface area contributed by atoms with E-state index in [-0.39, 0.29) is 5.97 Å². The largest absolute Gasteiger partial charge is 0.435 e. The van der Waals surface area contributed by atoms with Gasteiger partial charge < -0.3 is 4.74 Å². The third-order valence-electron chi connectivity index (χ3n) is 2.15. The third-order valence-corrected chi connectivity index (χ3v) is 2.15. The summed E-state index contributed by atoms with van der Waals surface area (Å²) < 4.78 is 4.72. The van der Waals surface area contributed by atoms with Gasteiger partial charge in [0.05, 0.1) is 6.26 Å². The van der Waals surface area contributed by atoms with Crippen molar-refractivity contribution < 1.29 is 9.53 Å². The summed E-state index contributed by atoms with van der Waals surface area (Å²) in [6.07, 6.45) is 9.80. The summed E-state index contributed by atoms with van der Waals surface area (Å²) in [6.45, 7) is 5.77. The molecule has 0 aliphatic carbocycles. The maximum absolute atomic E-state index is 10.5. The Hall–Kier alpha value is -0.790. The molecule has 1 atom stereocenters. The molecule has 0 N–H and O–H groups in total. The van der Waals surface area contributed by atoms with Crippen LogP contribution in [0, 0.1) is 5.92 Å². The number of carbonyl (C=O) groups is 1. The number of unbranched alkanes of at least 4 members (excludes halogenated alkanes) is 3. The maximum Gasteiger partial charge on any atom is 0.307 e. The van der Waals surface area contributed by atoms with Crippen LogP contribution in [0.4, 0.5) is 0 Å². The second kappa shape index (κ2) is 8.79. The van der Waals surface area contributed by atoms with Gasteiger partial charge in [-0.25, -0.2) is 0 Å². The van der Waals surface area contributed by atoms with Crippen molar-refractivity contribution in [3.63, 3.8) is 0 Å². The highest BCUT2D eigenvalue weighted by Crippen LogP contribution is 2.11. The first-order valence-corrected chi connectivity index (χ1v) is 5.50. The van der Waals surface area contributed by atoms with E-state index >= 15 is 0 Å². The van der Waals surface area contributed by atoms with Crippen LogP contribution >= 0.6 is 0 Å². The van der Waals surface area contributed by atoms with Crippen LogP contribution in [0.15, 0.2) is 12.3 Å². The minimum Gasteiger partial charge on any atom is -0.435 e. The lowest BCUT2D eigenvalue weighted by atomic mass is 10.0. The Kier molecular flexibility index (Phi) is 8.30. The highest BCUT2D eigenvalue weighted by molar-refractivity contribution is 5.66. The van der Waals surface area contributed by atoms with Crippen molar-refractivity contribution in [3.8, 4) is 0 Å². The Bertz CT molecular complexity index is 173. The second-order valence-corrected chi connectivity index (χ2v) is 3.76. The number of esters is 1. The van der Waals surface area contributed by atoms with Gasteiger partial charge in [0.1, 0.15) is 0 Å². The van der Waals surface area contributed by atoms with Crippen molar-refractivity contribution >= 4 is 5.97 Å². The Morgan fingerprint density at radius 3 is 2.64 bits per heavy atom. The number of carbonyl (C=O) groups excluding carboxylic acids is 1. The molecule has 0 aromatic carbocycles. The van der Waals surface area contributed by atoms with Gasteiger partial charge in [0.15, 0.2) is 0 Å². The van der Waals surface area contributed by atoms with E-state index in [9.17, 15) is 4.79 Å². The quantitative estimate of drug-likeness (QED) is 0.354. The van der Waals surface area contributed by atoms with E-state index < -0.39 is 0 Å². The van der Waals surface area contributed by atoms with Gasteiger partial charge in [0.25, 0.3) is 0 Å². The van der Waals surface area contributed by atoms with Crippen LogP contribution in [0.1, 0.15) is 52.9 Å². The molecule has 0 heterocycles. The number of hydrogen-bond donors (Lipinski definition) is 0. The fourth-order valence-corrected chi connectivity index (χ4v) is 1.26. The van der Waals surface area contributed by atoms with Gasteiger partial charge in [0, 0.05) is 6.92 Å². The molecule has 0 rings (SSSR count). The molecule has 0 fully saturated rings. The number of ether oxygens (including phenoxy) is 1. The lowest BCUT2D eigenvalue weighted by molar-refractivity contribution is -0.135. The van der Waals surface area contributed by atoms with Crippen molar-refractivity contribution in [2.24, 2.45) is 5.92 Å². The zero-order chi connectivity index (χ0) is 10.8. The van der Waals surface area contributed by atoms with Crippen LogP contribution in [0.3, 0.4) is 0 Å². The van der Waals surface area contributed by atoms with Crippen molar-refractivity contribution in [1.29, 1.82) is 0 Å². The molecule has 0 aliphatic heterocycles. The number of rotatable bonds is 7. The fraction of sp³-hybridized carbons (Fsp3) is 0.750. The fourth-order valence-electron chi connectivity index (χ4n) is 1.26. The molecule has 0 saturated carbocycles. The molecule has 0 spiro atoms. The van der Waals surface area contributed by atoms with E-state index in [1.165, 1.54) is 45.3 Å². The van der Waals surface area contributed by atoms with E-state index in [0.29, 0.717) is 5.92 Å². The van der Waals surface area contributed by atoms with Gasteiger partial charge >= 0.3 is 5.97 Å². The Morgan fingerprint density at radius 1 is 1.36 bits per heavy atom. The monoisotopic (exact) mass is 198 g/mol. The molecular formula is C12H22O2. The molecule has 0 aromatic heterocycles. The van der Waals surface area contributed by atoms with Gasteiger partial charge in [0.2, 0.25) is 0 Å². The van der Waals surface area contributed by atoms with Crippen LogP contribution < -0.4 is 0 Å². The van der Waals surface area contributed by atoms with Crippen LogP contribution in [-0.4, -0.2) is 5.97 Å². The molecule has 14 heavy (non-hydrogen) atoms. The molecule has 0 amide bonds. The van der Waals surface area contributed by atoms with Crippen molar-refractivity contribution in [2.75, 3.05) is 0 Å². The van der Waals surface area contributed by atoms with Gasteiger partial charge in [-0.3, -0.25) is 4.79 Å². The van der Waals surface area contributed by atoms with Gasteiger partial charge in [-0.1, -0.05) is 39.5 Å². The number of hydrogen-bond acceptors (Lipinski definition) is 2. The van der Waals surface area contributed by atoms with Crippen molar-refractivity contribution in [2.45, 2.75) is 52.9 Å². The molecule has 0 unspecified atom stereocenters. The van der Waals surface area contributed by atoms with Crippen LogP contribution in [0.5, 0.6) is 0 Å². The standard InChI is InChI=1S/C12H22O2/c1-4-5-6-7-8-11(2)9-10-14-12(3)13/h9-11H,4-8H2,1-3H3/b10-9+/t11-/m0/s1. The predicted molar refractivity (Wildman–Crippen MR) is 58.8 cm³/mol. The summed E-state index contributed by atoms with van der Waals surface area (Å²) in [7, 11) is 0. The van der Waals surface area contributed by atoms with Crippen molar-refractivity contribution in [1.82, 2.24) is 0 Å². The first-order chi connectivity index (χ1) is 6.66. The highest BCUT2D eigenvalue weighted by atomic mass is 16.5. The molecule has 2 heteroatoms. The summed E-state index contributed by atoms with van der Waals surface area (Å²) in [5.74, 6) is 0.255. The lowest BCUT2D eigenvalue weighted by Gasteiger charge is -2.04. The normalized spacial score (nSPS) is 13.1. The van der Waals surface area contributed by atoms with Gasteiger partial charge in [-0.2, -0.15) is 0 Å². The average Bonchev–Trinajstić information content (AvgIpc) is 2.12. The van der Waals surface area contributed by atoms with E-state index in [0.717, 1.165) is 0 Å². The minimum absolute atomic E-state index is 0.251. The second-order valence-electron chi connectivity index (χ2n) is 3.76. The van der Waals surface area contributed by atoms with Crippen LogP contribution in [0.25, 0.3) is 0 Å². The zero-order valence-electron chi connectivity index (χ0n) is 9.58. The summed E-state index contributed by atoms with van der Waals surface area (Å²) in [4.78, 5) is 10.5. The molecule has 0 aliphatic rings. The molecule has 82 valence electrons. The Labute approximate surface area is 87.3 Å². The molecule has 0 saturated heterocycles. The van der Waals surface area contributed by atoms with Gasteiger partial charge in [-0.05, 0) is 18.4 Å². The minimum atomic E-state index is -0.251. The van der Waals surface area contributed by atoms with Crippen LogP contribution in [0.2, 0.25) is 0 Å². The predicted octanol–water partition coefficient (Wildman–Crippen LogP) is 3.67. The summed E-state index contributed by atoms with van der Waals surface area (Å²) in [5.41, 5.74) is 0. The van der Waals surface area contributed by atoms with E-state index in [1.54, 1.807) is 0 Å². The number of allylic oxidation sites excluding steroid dienone is 1. The van der Waals surface area contributed by atoms with Crippen molar-refractivity contribution in [3.05, 3.63) is 12.3 Å². The average molecular weight is 198 g/mol. The smallest absolute Gasteiger partial charge is 0.307 e. The molecule has 0 aromatic rings. The first-order valence-electron chi connectivity index (χ1n) is 5.50. The third kappa shape index (κ3) is 9.30. The summed E-state index contributed by atoms with van der Waals surface area (Å²) in [5, 5.41) is 0. The summed E-state index contributed by atoms with van der Waals surface area (Å²) in [6, 6.07) is 0. The zero-order valence-corrected chi connectivity index (χ0v) is 9.58. The summed E-state index contributed by atoms with van der Waals surface area (Å²) >= 11 is 0. The van der Waals surface area contributed by atoms with E-state index in [4.69, 9.17) is 4.74 Å². The molecule has 2 nitrogen and oxygen atoms in total. The van der Waals surface area contributed by atoms with Crippen LogP contribution in [-0.2, 0) is 9.53 Å². The molecule has 0 radical (unpaired) electrons. The maximum atomic E-state index is 10.5. The SMILES string of the molecule is CCCCCC[C@H](C)/C=C/OC(C)=O.